The maximum Gasteiger partial charge on any atom is 0.282 e. The highest BCUT2D eigenvalue weighted by Crippen LogP contribution is 2.36. The van der Waals surface area contributed by atoms with E-state index in [1.54, 1.807) is 18.2 Å². The average Bonchev–Trinajstić information content (AvgIpc) is 2.85. The Morgan fingerprint density at radius 2 is 2.21 bits per heavy atom. The minimum absolute atomic E-state index is 0.0697. The Bertz CT molecular complexity index is 544. The highest BCUT2D eigenvalue weighted by Gasteiger charge is 2.40. The first-order valence-electron chi connectivity index (χ1n) is 6.12. The number of carbonyl (C=O) groups is 1. The molecule has 1 fully saturated rings. The molecule has 3 unspecified atom stereocenters. The Hall–Kier alpha value is -2.08. The van der Waals surface area contributed by atoms with Gasteiger partial charge in [-0.05, 0) is 17.7 Å². The number of carbonyl (C=O) groups excluding carboxylic acids is 1. The summed E-state index contributed by atoms with van der Waals surface area (Å²) in [6, 6.07) is 7.16. The smallest absolute Gasteiger partial charge is 0.282 e. The Balaban J connectivity index is 1.97. The number of amidine groups is 1. The molecule has 6 nitrogen and oxygen atoms in total. The monoisotopic (exact) mass is 261 g/mol. The lowest BCUT2D eigenvalue weighted by molar-refractivity contribution is 0.1000. The Labute approximate surface area is 110 Å². The summed E-state index contributed by atoms with van der Waals surface area (Å²) in [6.07, 6.45) is -0.0697. The van der Waals surface area contributed by atoms with E-state index in [4.69, 9.17) is 20.9 Å². The second-order valence-corrected chi connectivity index (χ2v) is 4.76. The van der Waals surface area contributed by atoms with Gasteiger partial charge in [-0.15, -0.1) is 0 Å². The third-order valence-corrected chi connectivity index (χ3v) is 3.53. The number of nitrogens with zero attached hydrogens (tertiary/aromatic N) is 1. The van der Waals surface area contributed by atoms with Gasteiger partial charge in [0.05, 0.1) is 19.3 Å². The first-order valence-corrected chi connectivity index (χ1v) is 6.12. The van der Waals surface area contributed by atoms with Gasteiger partial charge in [-0.25, -0.2) is 4.99 Å². The molecule has 3 atom stereocenters. The number of fused-ring (bicyclic) bond motifs is 1. The summed E-state index contributed by atoms with van der Waals surface area (Å²) in [7, 11) is 0. The molecule has 0 aliphatic carbocycles. The van der Waals surface area contributed by atoms with E-state index in [0.29, 0.717) is 18.8 Å². The number of ether oxygens (including phenoxy) is 2. The number of primary amides is 1. The van der Waals surface area contributed by atoms with Gasteiger partial charge >= 0.3 is 0 Å². The molecule has 3 rings (SSSR count). The van der Waals surface area contributed by atoms with Crippen molar-refractivity contribution in [3.8, 4) is 0 Å². The molecule has 0 bridgehead atoms. The molecule has 2 aliphatic rings. The third kappa shape index (κ3) is 2.15. The molecule has 100 valence electrons. The standard InChI is InChI=1S/C13H15N3O3/c14-12(17)8-3-1-2-7(4-8)11-9-5-18-6-10(9)19-13(15)16-11/h1-4,9-11H,5-6H2,(H2,14,17)(H2,15,16). The van der Waals surface area contributed by atoms with Crippen molar-refractivity contribution in [3.05, 3.63) is 35.4 Å². The van der Waals surface area contributed by atoms with Crippen molar-refractivity contribution in [2.45, 2.75) is 12.1 Å². The highest BCUT2D eigenvalue weighted by atomic mass is 16.6. The molecule has 19 heavy (non-hydrogen) atoms. The summed E-state index contributed by atoms with van der Waals surface area (Å²) in [5, 5.41) is 0. The number of benzene rings is 1. The number of hydrogen-bond donors (Lipinski definition) is 2. The summed E-state index contributed by atoms with van der Waals surface area (Å²) in [5.41, 5.74) is 12.4. The van der Waals surface area contributed by atoms with Crippen LogP contribution in [-0.2, 0) is 9.47 Å². The number of rotatable bonds is 2. The molecule has 1 aromatic rings. The van der Waals surface area contributed by atoms with E-state index < -0.39 is 5.91 Å². The fourth-order valence-electron chi connectivity index (χ4n) is 2.58. The van der Waals surface area contributed by atoms with Crippen molar-refractivity contribution in [1.29, 1.82) is 0 Å². The van der Waals surface area contributed by atoms with E-state index in [-0.39, 0.29) is 24.1 Å². The first kappa shape index (κ1) is 12.0. The van der Waals surface area contributed by atoms with Crippen LogP contribution in [0.15, 0.2) is 29.3 Å². The summed E-state index contributed by atoms with van der Waals surface area (Å²) < 4.78 is 10.9. The van der Waals surface area contributed by atoms with Crippen LogP contribution in [0.5, 0.6) is 0 Å². The molecule has 0 saturated carbocycles. The number of nitrogens with two attached hydrogens (primary N) is 2. The van der Waals surface area contributed by atoms with Crippen molar-refractivity contribution in [1.82, 2.24) is 0 Å². The minimum Gasteiger partial charge on any atom is -0.459 e. The van der Waals surface area contributed by atoms with Crippen molar-refractivity contribution >= 4 is 11.9 Å². The lowest BCUT2D eigenvalue weighted by atomic mass is 9.89. The lowest BCUT2D eigenvalue weighted by Crippen LogP contribution is -2.37. The Morgan fingerprint density at radius 3 is 3.00 bits per heavy atom. The summed E-state index contributed by atoms with van der Waals surface area (Å²) in [4.78, 5) is 15.6. The molecule has 4 N–H and O–H groups in total. The SMILES string of the molecule is NC(=O)c1cccc(C2N=C(N)OC3COCC32)c1. The van der Waals surface area contributed by atoms with E-state index in [2.05, 4.69) is 4.99 Å². The third-order valence-electron chi connectivity index (χ3n) is 3.53. The molecular weight excluding hydrogens is 246 g/mol. The lowest BCUT2D eigenvalue weighted by Gasteiger charge is -2.29. The van der Waals surface area contributed by atoms with Crippen LogP contribution in [0, 0.1) is 5.92 Å². The fourth-order valence-corrected chi connectivity index (χ4v) is 2.58. The number of hydrogen-bond acceptors (Lipinski definition) is 5. The predicted octanol–water partition coefficient (Wildman–Crippen LogP) is 0.187. The van der Waals surface area contributed by atoms with Crippen LogP contribution < -0.4 is 11.5 Å². The van der Waals surface area contributed by atoms with Crippen LogP contribution in [0.4, 0.5) is 0 Å². The van der Waals surface area contributed by atoms with E-state index in [0.717, 1.165) is 5.56 Å². The largest absolute Gasteiger partial charge is 0.459 e. The zero-order valence-corrected chi connectivity index (χ0v) is 10.3. The van der Waals surface area contributed by atoms with Gasteiger partial charge in [0, 0.05) is 11.5 Å². The van der Waals surface area contributed by atoms with Crippen LogP contribution >= 0.6 is 0 Å². The maximum absolute atomic E-state index is 11.2. The van der Waals surface area contributed by atoms with Crippen LogP contribution in [0.1, 0.15) is 22.0 Å². The van der Waals surface area contributed by atoms with Gasteiger partial charge in [0.2, 0.25) is 5.91 Å². The first-order chi connectivity index (χ1) is 9.15. The molecule has 6 heteroatoms. The van der Waals surface area contributed by atoms with Crippen LogP contribution in [0.2, 0.25) is 0 Å². The van der Waals surface area contributed by atoms with Gasteiger partial charge in [-0.3, -0.25) is 4.79 Å². The Morgan fingerprint density at radius 1 is 1.37 bits per heavy atom. The quantitative estimate of drug-likeness (QED) is 0.793. The topological polar surface area (TPSA) is 99.9 Å². The summed E-state index contributed by atoms with van der Waals surface area (Å²) >= 11 is 0. The molecule has 0 spiro atoms. The zero-order chi connectivity index (χ0) is 13.4. The zero-order valence-electron chi connectivity index (χ0n) is 10.3. The fraction of sp³-hybridized carbons (Fsp3) is 0.385. The van der Waals surface area contributed by atoms with Crippen molar-refractivity contribution in [2.75, 3.05) is 13.2 Å². The van der Waals surface area contributed by atoms with Gasteiger partial charge in [-0.2, -0.15) is 0 Å². The Kier molecular flexibility index (Phi) is 2.87. The van der Waals surface area contributed by atoms with Crippen LogP contribution in [-0.4, -0.2) is 31.2 Å². The summed E-state index contributed by atoms with van der Waals surface area (Å²) in [6.45, 7) is 1.10. The molecule has 1 aromatic carbocycles. The molecule has 2 aliphatic heterocycles. The average molecular weight is 261 g/mol. The van der Waals surface area contributed by atoms with Crippen molar-refractivity contribution in [2.24, 2.45) is 22.4 Å². The van der Waals surface area contributed by atoms with Crippen LogP contribution in [0.25, 0.3) is 0 Å². The van der Waals surface area contributed by atoms with Gasteiger partial charge < -0.3 is 20.9 Å². The van der Waals surface area contributed by atoms with E-state index in [1.165, 1.54) is 0 Å². The van der Waals surface area contributed by atoms with Gasteiger partial charge in [0.15, 0.2) is 0 Å². The van der Waals surface area contributed by atoms with Crippen molar-refractivity contribution in [3.63, 3.8) is 0 Å². The normalized spacial score (nSPS) is 29.3. The number of aliphatic imine (C=N–C) groups is 1. The minimum atomic E-state index is -0.454. The van der Waals surface area contributed by atoms with Crippen molar-refractivity contribution < 1.29 is 14.3 Å². The molecule has 1 amide bonds. The highest BCUT2D eigenvalue weighted by molar-refractivity contribution is 5.92. The predicted molar refractivity (Wildman–Crippen MR) is 68.5 cm³/mol. The van der Waals surface area contributed by atoms with E-state index in [1.807, 2.05) is 6.07 Å². The van der Waals surface area contributed by atoms with Gasteiger partial charge in [-0.1, -0.05) is 12.1 Å². The second-order valence-electron chi connectivity index (χ2n) is 4.76. The molecule has 1 saturated heterocycles. The maximum atomic E-state index is 11.2. The van der Waals surface area contributed by atoms with E-state index in [9.17, 15) is 4.79 Å². The van der Waals surface area contributed by atoms with E-state index >= 15 is 0 Å². The second kappa shape index (κ2) is 4.55. The van der Waals surface area contributed by atoms with Gasteiger partial charge in [0.25, 0.3) is 6.02 Å². The molecular formula is C13H15N3O3. The molecule has 0 aromatic heterocycles. The summed E-state index contributed by atoms with van der Waals surface area (Å²) in [5.74, 6) is -0.333. The molecule has 0 radical (unpaired) electrons. The van der Waals surface area contributed by atoms with Crippen LogP contribution in [0.3, 0.4) is 0 Å². The molecule has 2 heterocycles. The number of amides is 1. The van der Waals surface area contributed by atoms with Gasteiger partial charge in [0.1, 0.15) is 6.10 Å².